The molecule has 0 radical (unpaired) electrons. The summed E-state index contributed by atoms with van der Waals surface area (Å²) >= 11 is 0. The highest BCUT2D eigenvalue weighted by Crippen LogP contribution is 2.18. The standard InChI is InChI=1S/C22H23FN2O3/c23-18-3-1-2-17(14-18)6-11-21(26)24-13-12-16-4-9-20(10-5-16)28-15-22(27)25-19-7-8-19/h1-6,9-11,14,19H,7-8,12-13,15H2,(H,24,26)(H,25,27). The van der Waals surface area contributed by atoms with Gasteiger partial charge >= 0.3 is 0 Å². The van der Waals surface area contributed by atoms with E-state index in [1.54, 1.807) is 18.2 Å². The normalized spacial score (nSPS) is 13.3. The molecule has 5 nitrogen and oxygen atoms in total. The summed E-state index contributed by atoms with van der Waals surface area (Å²) in [6, 6.07) is 13.8. The first-order valence-corrected chi connectivity index (χ1v) is 9.31. The monoisotopic (exact) mass is 382 g/mol. The van der Waals surface area contributed by atoms with Gasteiger partial charge in [-0.05, 0) is 60.7 Å². The molecule has 0 spiro atoms. The fourth-order valence-electron chi connectivity index (χ4n) is 2.57. The third-order valence-corrected chi connectivity index (χ3v) is 4.22. The maximum absolute atomic E-state index is 13.1. The van der Waals surface area contributed by atoms with Crippen molar-refractivity contribution in [1.29, 1.82) is 0 Å². The highest BCUT2D eigenvalue weighted by molar-refractivity contribution is 5.91. The zero-order valence-electron chi connectivity index (χ0n) is 15.5. The summed E-state index contributed by atoms with van der Waals surface area (Å²) < 4.78 is 18.5. The number of amides is 2. The maximum atomic E-state index is 13.1. The first-order chi connectivity index (χ1) is 13.6. The van der Waals surface area contributed by atoms with E-state index in [1.165, 1.54) is 18.2 Å². The first-order valence-electron chi connectivity index (χ1n) is 9.31. The molecular formula is C22H23FN2O3. The van der Waals surface area contributed by atoms with E-state index in [9.17, 15) is 14.0 Å². The Kier molecular flexibility index (Phi) is 6.78. The summed E-state index contributed by atoms with van der Waals surface area (Å²) in [5, 5.41) is 5.66. The molecule has 6 heteroatoms. The van der Waals surface area contributed by atoms with Gasteiger partial charge in [0.15, 0.2) is 6.61 Å². The van der Waals surface area contributed by atoms with Crippen molar-refractivity contribution in [1.82, 2.24) is 10.6 Å². The second-order valence-electron chi connectivity index (χ2n) is 6.70. The number of carbonyl (C=O) groups excluding carboxylic acids is 2. The van der Waals surface area contributed by atoms with Crippen molar-refractivity contribution in [3.8, 4) is 5.75 Å². The second kappa shape index (κ2) is 9.69. The van der Waals surface area contributed by atoms with Gasteiger partial charge in [-0.2, -0.15) is 0 Å². The Morgan fingerprint density at radius 2 is 1.93 bits per heavy atom. The van der Waals surface area contributed by atoms with Gasteiger partial charge in [0, 0.05) is 18.7 Å². The summed E-state index contributed by atoms with van der Waals surface area (Å²) in [4.78, 5) is 23.4. The molecule has 2 amide bonds. The molecule has 28 heavy (non-hydrogen) atoms. The van der Waals surface area contributed by atoms with Crippen LogP contribution in [0.5, 0.6) is 5.75 Å². The van der Waals surface area contributed by atoms with Gasteiger partial charge < -0.3 is 15.4 Å². The predicted molar refractivity (Wildman–Crippen MR) is 105 cm³/mol. The molecule has 1 saturated carbocycles. The fraction of sp³-hybridized carbons (Fsp3) is 0.273. The number of ether oxygens (including phenoxy) is 1. The molecule has 1 aliphatic carbocycles. The van der Waals surface area contributed by atoms with Gasteiger partial charge in [-0.1, -0.05) is 24.3 Å². The lowest BCUT2D eigenvalue weighted by Gasteiger charge is -2.08. The van der Waals surface area contributed by atoms with E-state index in [0.29, 0.717) is 30.3 Å². The molecule has 3 rings (SSSR count). The van der Waals surface area contributed by atoms with Crippen LogP contribution >= 0.6 is 0 Å². The summed E-state index contributed by atoms with van der Waals surface area (Å²) in [5.41, 5.74) is 1.68. The molecule has 0 bridgehead atoms. The lowest BCUT2D eigenvalue weighted by Crippen LogP contribution is -2.30. The average molecular weight is 382 g/mol. The van der Waals surface area contributed by atoms with Crippen LogP contribution in [0.25, 0.3) is 6.08 Å². The van der Waals surface area contributed by atoms with E-state index in [0.717, 1.165) is 18.4 Å². The molecule has 0 aliphatic heterocycles. The fourth-order valence-corrected chi connectivity index (χ4v) is 2.57. The molecular weight excluding hydrogens is 359 g/mol. The molecule has 2 N–H and O–H groups in total. The van der Waals surface area contributed by atoms with Crippen molar-refractivity contribution in [2.75, 3.05) is 13.2 Å². The van der Waals surface area contributed by atoms with Crippen molar-refractivity contribution in [2.45, 2.75) is 25.3 Å². The molecule has 2 aromatic rings. The molecule has 0 aromatic heterocycles. The number of nitrogens with one attached hydrogen (secondary N) is 2. The quantitative estimate of drug-likeness (QED) is 0.656. The highest BCUT2D eigenvalue weighted by atomic mass is 19.1. The molecule has 0 unspecified atom stereocenters. The van der Waals surface area contributed by atoms with Crippen LogP contribution in [0.4, 0.5) is 4.39 Å². The van der Waals surface area contributed by atoms with Gasteiger partial charge in [-0.15, -0.1) is 0 Å². The lowest BCUT2D eigenvalue weighted by atomic mass is 10.1. The minimum atomic E-state index is -0.335. The van der Waals surface area contributed by atoms with Crippen LogP contribution in [0.15, 0.2) is 54.6 Å². The largest absolute Gasteiger partial charge is 0.484 e. The van der Waals surface area contributed by atoms with Gasteiger partial charge in [0.25, 0.3) is 5.91 Å². The van der Waals surface area contributed by atoms with E-state index in [1.807, 2.05) is 24.3 Å². The van der Waals surface area contributed by atoms with E-state index >= 15 is 0 Å². The SMILES string of the molecule is O=C(C=Cc1cccc(F)c1)NCCc1ccc(OCC(=O)NC2CC2)cc1. The predicted octanol–water partition coefficient (Wildman–Crippen LogP) is 2.86. The topological polar surface area (TPSA) is 67.4 Å². The summed E-state index contributed by atoms with van der Waals surface area (Å²) in [6.45, 7) is 0.500. The van der Waals surface area contributed by atoms with Crippen LogP contribution in [-0.2, 0) is 16.0 Å². The average Bonchev–Trinajstić information content (AvgIpc) is 3.50. The minimum absolute atomic E-state index is 0.0174. The molecule has 0 atom stereocenters. The van der Waals surface area contributed by atoms with Crippen LogP contribution in [-0.4, -0.2) is 31.0 Å². The summed E-state index contributed by atoms with van der Waals surface area (Å²) in [7, 11) is 0. The van der Waals surface area contributed by atoms with E-state index < -0.39 is 0 Å². The lowest BCUT2D eigenvalue weighted by molar-refractivity contribution is -0.123. The zero-order valence-corrected chi connectivity index (χ0v) is 15.5. The van der Waals surface area contributed by atoms with Gasteiger partial charge in [0.1, 0.15) is 11.6 Å². The van der Waals surface area contributed by atoms with Crippen LogP contribution in [0.1, 0.15) is 24.0 Å². The van der Waals surface area contributed by atoms with Crippen molar-refractivity contribution in [3.63, 3.8) is 0 Å². The number of carbonyl (C=O) groups is 2. The van der Waals surface area contributed by atoms with Crippen molar-refractivity contribution in [3.05, 3.63) is 71.6 Å². The number of rotatable bonds is 9. The number of hydrogen-bond donors (Lipinski definition) is 2. The second-order valence-corrected chi connectivity index (χ2v) is 6.70. The summed E-state index contributed by atoms with van der Waals surface area (Å²) in [6.07, 6.45) is 5.74. The molecule has 2 aromatic carbocycles. The van der Waals surface area contributed by atoms with E-state index in [-0.39, 0.29) is 24.2 Å². The summed E-state index contributed by atoms with van der Waals surface area (Å²) in [5.74, 6) is -0.0261. The molecule has 1 aliphatic rings. The van der Waals surface area contributed by atoms with Gasteiger partial charge in [0.05, 0.1) is 0 Å². The Bertz CT molecular complexity index is 845. The smallest absolute Gasteiger partial charge is 0.258 e. The Morgan fingerprint density at radius 1 is 1.14 bits per heavy atom. The third-order valence-electron chi connectivity index (χ3n) is 4.22. The third kappa shape index (κ3) is 6.87. The van der Waals surface area contributed by atoms with Gasteiger partial charge in [0.2, 0.25) is 5.91 Å². The Balaban J connectivity index is 1.36. The van der Waals surface area contributed by atoms with Crippen molar-refractivity contribution < 1.29 is 18.7 Å². The van der Waals surface area contributed by atoms with Crippen molar-refractivity contribution >= 4 is 17.9 Å². The zero-order chi connectivity index (χ0) is 19.8. The van der Waals surface area contributed by atoms with E-state index in [2.05, 4.69) is 10.6 Å². The Morgan fingerprint density at radius 3 is 2.64 bits per heavy atom. The van der Waals surface area contributed by atoms with E-state index in [4.69, 9.17) is 4.74 Å². The highest BCUT2D eigenvalue weighted by Gasteiger charge is 2.23. The van der Waals surface area contributed by atoms with Crippen LogP contribution < -0.4 is 15.4 Å². The number of hydrogen-bond acceptors (Lipinski definition) is 3. The van der Waals surface area contributed by atoms with Crippen LogP contribution in [0.3, 0.4) is 0 Å². The van der Waals surface area contributed by atoms with Crippen LogP contribution in [0.2, 0.25) is 0 Å². The number of benzene rings is 2. The number of halogens is 1. The molecule has 0 heterocycles. The van der Waals surface area contributed by atoms with Crippen LogP contribution in [0, 0.1) is 5.82 Å². The first kappa shape index (κ1) is 19.6. The molecule has 1 fully saturated rings. The molecule has 0 saturated heterocycles. The van der Waals surface area contributed by atoms with Crippen molar-refractivity contribution in [2.24, 2.45) is 0 Å². The Hall–Kier alpha value is -3.15. The van der Waals surface area contributed by atoms with Gasteiger partial charge in [-0.3, -0.25) is 9.59 Å². The molecule has 146 valence electrons. The maximum Gasteiger partial charge on any atom is 0.258 e. The minimum Gasteiger partial charge on any atom is -0.484 e. The van der Waals surface area contributed by atoms with Gasteiger partial charge in [-0.25, -0.2) is 4.39 Å². The Labute approximate surface area is 163 Å².